The molecule has 0 aromatic heterocycles. The van der Waals surface area contributed by atoms with Crippen molar-refractivity contribution in [2.45, 2.75) is 24.7 Å². The smallest absolute Gasteiger partial charge is 0.235 e. The van der Waals surface area contributed by atoms with E-state index in [1.165, 1.54) is 0 Å². The lowest BCUT2D eigenvalue weighted by molar-refractivity contribution is -0.124. The molecule has 0 heterocycles. The van der Waals surface area contributed by atoms with E-state index in [-0.39, 0.29) is 5.91 Å². The number of rotatable bonds is 3. The number of benzene rings is 2. The van der Waals surface area contributed by atoms with Crippen molar-refractivity contribution in [1.29, 1.82) is 0 Å². The highest BCUT2D eigenvalue weighted by Gasteiger charge is 2.45. The predicted molar refractivity (Wildman–Crippen MR) is 87.1 cm³/mol. The van der Waals surface area contributed by atoms with E-state index >= 15 is 0 Å². The summed E-state index contributed by atoms with van der Waals surface area (Å²) in [5.74, 6) is 0.0123. The fourth-order valence-electron chi connectivity index (χ4n) is 2.81. The zero-order chi connectivity index (χ0) is 14.9. The minimum Gasteiger partial charge on any atom is -0.325 e. The summed E-state index contributed by atoms with van der Waals surface area (Å²) in [4.78, 5) is 12.7. The third kappa shape index (κ3) is 2.78. The molecule has 1 aliphatic carbocycles. The summed E-state index contributed by atoms with van der Waals surface area (Å²) in [6.45, 7) is 0. The molecule has 2 aromatic carbocycles. The van der Waals surface area contributed by atoms with Gasteiger partial charge in [0.05, 0.1) is 5.41 Å². The van der Waals surface area contributed by atoms with E-state index in [1.807, 2.05) is 30.3 Å². The Morgan fingerprint density at radius 1 is 1.00 bits per heavy atom. The maximum absolute atomic E-state index is 12.7. The average molecular weight is 320 g/mol. The highest BCUT2D eigenvalue weighted by molar-refractivity contribution is 6.35. The van der Waals surface area contributed by atoms with Gasteiger partial charge in [0.25, 0.3) is 0 Å². The minimum atomic E-state index is -0.421. The van der Waals surface area contributed by atoms with Crippen molar-refractivity contribution in [3.63, 3.8) is 0 Å². The number of hydrogen-bond acceptors (Lipinski definition) is 1. The molecule has 0 saturated heterocycles. The van der Waals surface area contributed by atoms with Crippen LogP contribution in [-0.4, -0.2) is 5.91 Å². The van der Waals surface area contributed by atoms with Gasteiger partial charge in [0, 0.05) is 15.7 Å². The largest absolute Gasteiger partial charge is 0.325 e. The molecule has 0 unspecified atom stereocenters. The fraction of sp³-hybridized carbons (Fsp3) is 0.235. The van der Waals surface area contributed by atoms with Gasteiger partial charge in [-0.3, -0.25) is 4.79 Å². The summed E-state index contributed by atoms with van der Waals surface area (Å²) in [5.41, 5.74) is 1.29. The van der Waals surface area contributed by atoms with Crippen LogP contribution in [0.15, 0.2) is 48.5 Å². The van der Waals surface area contributed by atoms with Crippen molar-refractivity contribution in [3.05, 3.63) is 64.1 Å². The molecule has 1 amide bonds. The standard InChI is InChI=1S/C17H15Cl2NO/c18-13-9-14(19)11-15(10-13)20-16(21)17(7-4-8-17)12-5-2-1-3-6-12/h1-3,5-6,9-11H,4,7-8H2,(H,20,21). The van der Waals surface area contributed by atoms with E-state index in [1.54, 1.807) is 18.2 Å². The highest BCUT2D eigenvalue weighted by atomic mass is 35.5. The van der Waals surface area contributed by atoms with E-state index in [2.05, 4.69) is 5.32 Å². The summed E-state index contributed by atoms with van der Waals surface area (Å²) >= 11 is 12.0. The summed E-state index contributed by atoms with van der Waals surface area (Å²) in [5, 5.41) is 3.99. The molecule has 1 fully saturated rings. The molecule has 1 aliphatic rings. The van der Waals surface area contributed by atoms with Crippen LogP contribution in [0.1, 0.15) is 24.8 Å². The van der Waals surface area contributed by atoms with Gasteiger partial charge in [-0.1, -0.05) is 60.0 Å². The second-order valence-electron chi connectivity index (χ2n) is 5.41. The quantitative estimate of drug-likeness (QED) is 0.842. The number of halogens is 2. The Balaban J connectivity index is 1.87. The maximum atomic E-state index is 12.7. The Morgan fingerprint density at radius 3 is 2.14 bits per heavy atom. The molecule has 0 spiro atoms. The Labute approximate surface area is 134 Å². The number of carbonyl (C=O) groups excluding carboxylic acids is 1. The van der Waals surface area contributed by atoms with Gasteiger partial charge in [-0.2, -0.15) is 0 Å². The maximum Gasteiger partial charge on any atom is 0.235 e. The second-order valence-corrected chi connectivity index (χ2v) is 6.29. The Hall–Kier alpha value is -1.51. The number of carbonyl (C=O) groups is 1. The van der Waals surface area contributed by atoms with Crippen LogP contribution in [0.5, 0.6) is 0 Å². The van der Waals surface area contributed by atoms with Crippen LogP contribution >= 0.6 is 23.2 Å². The molecular formula is C17H15Cl2NO. The lowest BCUT2D eigenvalue weighted by Crippen LogP contribution is -2.45. The molecule has 0 aliphatic heterocycles. The van der Waals surface area contributed by atoms with Gasteiger partial charge in [0.15, 0.2) is 0 Å². The first-order chi connectivity index (χ1) is 10.1. The second kappa shape index (κ2) is 5.70. The number of hydrogen-bond donors (Lipinski definition) is 1. The number of nitrogens with one attached hydrogen (secondary N) is 1. The average Bonchev–Trinajstić information content (AvgIpc) is 2.37. The molecule has 2 nitrogen and oxygen atoms in total. The minimum absolute atomic E-state index is 0.0123. The molecule has 3 rings (SSSR count). The molecular weight excluding hydrogens is 305 g/mol. The first kappa shape index (κ1) is 14.4. The molecule has 0 radical (unpaired) electrons. The first-order valence-corrected chi connectivity index (χ1v) is 7.69. The van der Waals surface area contributed by atoms with Crippen LogP contribution in [-0.2, 0) is 10.2 Å². The summed E-state index contributed by atoms with van der Waals surface area (Å²) in [6, 6.07) is 15.0. The van der Waals surface area contributed by atoms with Crippen LogP contribution in [0.3, 0.4) is 0 Å². The molecule has 4 heteroatoms. The molecule has 108 valence electrons. The zero-order valence-corrected chi connectivity index (χ0v) is 12.9. The van der Waals surface area contributed by atoms with E-state index in [0.29, 0.717) is 15.7 Å². The lowest BCUT2D eigenvalue weighted by atomic mass is 9.64. The van der Waals surface area contributed by atoms with E-state index < -0.39 is 5.41 Å². The van der Waals surface area contributed by atoms with Crippen LogP contribution in [0.2, 0.25) is 10.0 Å². The highest BCUT2D eigenvalue weighted by Crippen LogP contribution is 2.44. The van der Waals surface area contributed by atoms with Gasteiger partial charge in [0.1, 0.15) is 0 Å². The van der Waals surface area contributed by atoms with E-state index in [4.69, 9.17) is 23.2 Å². The van der Waals surface area contributed by atoms with Crippen LogP contribution < -0.4 is 5.32 Å². The number of anilines is 1. The molecule has 1 saturated carbocycles. The Bertz CT molecular complexity index is 645. The van der Waals surface area contributed by atoms with Crippen LogP contribution in [0.25, 0.3) is 0 Å². The predicted octanol–water partition coefficient (Wildman–Crippen LogP) is 5.05. The summed E-state index contributed by atoms with van der Waals surface area (Å²) in [6.07, 6.45) is 2.81. The Kier molecular flexibility index (Phi) is 3.92. The van der Waals surface area contributed by atoms with Crippen molar-refractivity contribution in [1.82, 2.24) is 0 Å². The van der Waals surface area contributed by atoms with Gasteiger partial charge in [0.2, 0.25) is 5.91 Å². The van der Waals surface area contributed by atoms with E-state index in [9.17, 15) is 4.79 Å². The molecule has 0 bridgehead atoms. The monoisotopic (exact) mass is 319 g/mol. The topological polar surface area (TPSA) is 29.1 Å². The molecule has 2 aromatic rings. The normalized spacial score (nSPS) is 16.1. The zero-order valence-electron chi connectivity index (χ0n) is 11.4. The SMILES string of the molecule is O=C(Nc1cc(Cl)cc(Cl)c1)C1(c2ccccc2)CCC1. The fourth-order valence-corrected chi connectivity index (χ4v) is 3.34. The summed E-state index contributed by atoms with van der Waals surface area (Å²) in [7, 11) is 0. The number of amides is 1. The molecule has 1 N–H and O–H groups in total. The van der Waals surface area contributed by atoms with Gasteiger partial charge in [-0.25, -0.2) is 0 Å². The van der Waals surface area contributed by atoms with Crippen molar-refractivity contribution in [2.75, 3.05) is 5.32 Å². The van der Waals surface area contributed by atoms with Crippen molar-refractivity contribution >= 4 is 34.8 Å². The van der Waals surface area contributed by atoms with Gasteiger partial charge >= 0.3 is 0 Å². The third-order valence-corrected chi connectivity index (χ3v) is 4.52. The third-order valence-electron chi connectivity index (χ3n) is 4.09. The van der Waals surface area contributed by atoms with Crippen molar-refractivity contribution in [3.8, 4) is 0 Å². The van der Waals surface area contributed by atoms with Crippen molar-refractivity contribution < 1.29 is 4.79 Å². The summed E-state index contributed by atoms with van der Waals surface area (Å²) < 4.78 is 0. The molecule has 21 heavy (non-hydrogen) atoms. The lowest BCUT2D eigenvalue weighted by Gasteiger charge is -2.40. The first-order valence-electron chi connectivity index (χ1n) is 6.93. The van der Waals surface area contributed by atoms with Crippen molar-refractivity contribution in [2.24, 2.45) is 0 Å². The van der Waals surface area contributed by atoms with Gasteiger partial charge < -0.3 is 5.32 Å². The van der Waals surface area contributed by atoms with Crippen LogP contribution in [0, 0.1) is 0 Å². The van der Waals surface area contributed by atoms with Gasteiger partial charge in [-0.15, -0.1) is 0 Å². The Morgan fingerprint density at radius 2 is 1.62 bits per heavy atom. The van der Waals surface area contributed by atoms with E-state index in [0.717, 1.165) is 24.8 Å². The van der Waals surface area contributed by atoms with Gasteiger partial charge in [-0.05, 0) is 36.6 Å². The van der Waals surface area contributed by atoms with Crippen LogP contribution in [0.4, 0.5) is 5.69 Å². The molecule has 0 atom stereocenters.